The average Bonchev–Trinajstić information content (AvgIpc) is 2.81. The van der Waals surface area contributed by atoms with Gasteiger partial charge in [0.15, 0.2) is 5.41 Å². The first kappa shape index (κ1) is 17.5. The van der Waals surface area contributed by atoms with Crippen LogP contribution in [-0.4, -0.2) is 11.7 Å². The van der Waals surface area contributed by atoms with Crippen molar-refractivity contribution in [3.63, 3.8) is 0 Å². The molecule has 3 fully saturated rings. The molecule has 1 aromatic rings. The second-order valence-corrected chi connectivity index (χ2v) is 7.40. The fraction of sp³-hybridized carbons (Fsp3) is 0.500. The summed E-state index contributed by atoms with van der Waals surface area (Å²) in [5.41, 5.74) is -3.27. The number of nitriles is 3. The van der Waals surface area contributed by atoms with E-state index in [0.717, 1.165) is 19.3 Å². The van der Waals surface area contributed by atoms with Crippen LogP contribution in [0.4, 0.5) is 4.39 Å². The van der Waals surface area contributed by atoms with Crippen LogP contribution in [0.25, 0.3) is 0 Å². The van der Waals surface area contributed by atoms with Crippen molar-refractivity contribution in [2.75, 3.05) is 0 Å². The Morgan fingerprint density at radius 3 is 2.37 bits per heavy atom. The van der Waals surface area contributed by atoms with Crippen LogP contribution in [0.1, 0.15) is 43.8 Å². The predicted molar refractivity (Wildman–Crippen MR) is 90.0 cm³/mol. The summed E-state index contributed by atoms with van der Waals surface area (Å²) in [5.74, 6) is -2.60. The van der Waals surface area contributed by atoms with Crippen LogP contribution in [0, 0.1) is 62.0 Å². The third-order valence-corrected chi connectivity index (χ3v) is 6.24. The van der Waals surface area contributed by atoms with Crippen molar-refractivity contribution in [3.05, 3.63) is 35.6 Å². The van der Waals surface area contributed by atoms with Gasteiger partial charge in [0.1, 0.15) is 11.9 Å². The first-order valence-electron chi connectivity index (χ1n) is 8.95. The van der Waals surface area contributed by atoms with Gasteiger partial charge < -0.3 is 9.47 Å². The zero-order chi connectivity index (χ0) is 19.3. The van der Waals surface area contributed by atoms with Crippen molar-refractivity contribution in [1.82, 2.24) is 0 Å². The Bertz CT molecular complexity index is 911. The van der Waals surface area contributed by atoms with Gasteiger partial charge in [0, 0.05) is 6.42 Å². The molecule has 0 radical (unpaired) electrons. The molecule has 6 nitrogen and oxygen atoms in total. The summed E-state index contributed by atoms with van der Waals surface area (Å²) in [6, 6.07) is 11.5. The maximum Gasteiger partial charge on any atom is 0.217 e. The lowest BCUT2D eigenvalue weighted by Gasteiger charge is -2.49. The lowest BCUT2D eigenvalue weighted by molar-refractivity contribution is -0.284. The Morgan fingerprint density at radius 2 is 1.74 bits per heavy atom. The van der Waals surface area contributed by atoms with Crippen molar-refractivity contribution in [1.29, 1.82) is 21.2 Å². The molecule has 4 rings (SSSR count). The van der Waals surface area contributed by atoms with Crippen molar-refractivity contribution < 1.29 is 13.9 Å². The first-order chi connectivity index (χ1) is 13.0. The third kappa shape index (κ3) is 1.97. The van der Waals surface area contributed by atoms with E-state index in [1.165, 1.54) is 24.3 Å². The van der Waals surface area contributed by atoms with Crippen LogP contribution in [0.15, 0.2) is 24.3 Å². The number of hydrogen-bond donors (Lipinski definition) is 1. The van der Waals surface area contributed by atoms with Gasteiger partial charge in [-0.3, -0.25) is 5.41 Å². The van der Waals surface area contributed by atoms with Gasteiger partial charge in [-0.05, 0) is 30.5 Å². The molecule has 2 saturated heterocycles. The van der Waals surface area contributed by atoms with E-state index in [4.69, 9.17) is 14.9 Å². The quantitative estimate of drug-likeness (QED) is 0.815. The number of halogens is 1. The lowest BCUT2D eigenvalue weighted by Crippen LogP contribution is -2.59. The maximum absolute atomic E-state index is 13.4. The molecule has 0 spiro atoms. The number of rotatable bonds is 1. The molecule has 27 heavy (non-hydrogen) atoms. The Morgan fingerprint density at radius 1 is 1.04 bits per heavy atom. The molecule has 1 saturated carbocycles. The summed E-state index contributed by atoms with van der Waals surface area (Å²) in [7, 11) is 0. The van der Waals surface area contributed by atoms with Crippen molar-refractivity contribution in [2.24, 2.45) is 16.7 Å². The monoisotopic (exact) mass is 364 g/mol. The molecule has 4 unspecified atom stereocenters. The summed E-state index contributed by atoms with van der Waals surface area (Å²) in [4.78, 5) is 0. The van der Waals surface area contributed by atoms with Gasteiger partial charge >= 0.3 is 0 Å². The zero-order valence-corrected chi connectivity index (χ0v) is 14.5. The zero-order valence-electron chi connectivity index (χ0n) is 14.5. The average molecular weight is 364 g/mol. The third-order valence-electron chi connectivity index (χ3n) is 6.24. The largest absolute Gasteiger partial charge is 0.447 e. The minimum absolute atomic E-state index is 0.371. The van der Waals surface area contributed by atoms with Gasteiger partial charge in [-0.15, -0.1) is 0 Å². The van der Waals surface area contributed by atoms with Crippen LogP contribution in [0.3, 0.4) is 0 Å². The highest BCUT2D eigenvalue weighted by atomic mass is 19.1. The second kappa shape index (κ2) is 5.78. The van der Waals surface area contributed by atoms with E-state index >= 15 is 0 Å². The molecule has 0 amide bonds. The molecule has 0 aromatic heterocycles. The molecule has 2 heterocycles. The molecule has 1 N–H and O–H groups in total. The molecule has 4 atom stereocenters. The van der Waals surface area contributed by atoms with E-state index in [0.29, 0.717) is 18.4 Å². The Labute approximate surface area is 156 Å². The van der Waals surface area contributed by atoms with E-state index in [9.17, 15) is 20.2 Å². The normalized spacial score (nSPS) is 36.3. The van der Waals surface area contributed by atoms with Gasteiger partial charge in [0.2, 0.25) is 17.1 Å². The first-order valence-corrected chi connectivity index (χ1v) is 8.95. The number of hydrogen-bond acceptors (Lipinski definition) is 6. The van der Waals surface area contributed by atoms with Gasteiger partial charge in [-0.1, -0.05) is 25.0 Å². The summed E-state index contributed by atoms with van der Waals surface area (Å²) >= 11 is 0. The van der Waals surface area contributed by atoms with E-state index in [1.807, 2.05) is 12.1 Å². The summed E-state index contributed by atoms with van der Waals surface area (Å²) < 4.78 is 25.6. The topological polar surface area (TPSA) is 114 Å². The highest BCUT2D eigenvalue weighted by Crippen LogP contribution is 2.68. The fourth-order valence-corrected chi connectivity index (χ4v) is 4.98. The molecule has 7 heteroatoms. The number of benzene rings is 1. The molecule has 1 aliphatic carbocycles. The predicted octanol–water partition coefficient (Wildman–Crippen LogP) is 3.72. The Hall–Kier alpha value is -2.95. The fourth-order valence-electron chi connectivity index (χ4n) is 4.98. The second-order valence-electron chi connectivity index (χ2n) is 7.40. The molecular weight excluding hydrogens is 347 g/mol. The van der Waals surface area contributed by atoms with Crippen LogP contribution in [0.2, 0.25) is 0 Å². The molecule has 2 aliphatic heterocycles. The van der Waals surface area contributed by atoms with E-state index in [2.05, 4.69) is 6.07 Å². The van der Waals surface area contributed by atoms with Gasteiger partial charge in [0.25, 0.3) is 0 Å². The lowest BCUT2D eigenvalue weighted by atomic mass is 9.52. The molecule has 2 bridgehead atoms. The molecule has 136 valence electrons. The van der Waals surface area contributed by atoms with Gasteiger partial charge in [-0.2, -0.15) is 15.8 Å². The highest BCUT2D eigenvalue weighted by molar-refractivity contribution is 5.89. The SMILES string of the molecule is N#CC1(C#N)C(c2ccc(F)cc2)OC23CCCCCC2C1(C#N)C(=N)O3. The molecule has 1 aromatic carbocycles. The van der Waals surface area contributed by atoms with Crippen LogP contribution in [-0.2, 0) is 9.47 Å². The summed E-state index contributed by atoms with van der Waals surface area (Å²) in [6.45, 7) is 0. The Kier molecular flexibility index (Phi) is 3.74. The minimum atomic E-state index is -1.97. The smallest absolute Gasteiger partial charge is 0.217 e. The van der Waals surface area contributed by atoms with Crippen molar-refractivity contribution in [2.45, 2.75) is 44.0 Å². The van der Waals surface area contributed by atoms with Gasteiger partial charge in [-0.25, -0.2) is 4.39 Å². The van der Waals surface area contributed by atoms with E-state index in [1.54, 1.807) is 0 Å². The van der Waals surface area contributed by atoms with Crippen LogP contribution >= 0.6 is 0 Å². The Balaban J connectivity index is 1.99. The number of nitrogens with one attached hydrogen (secondary N) is 1. The minimum Gasteiger partial charge on any atom is -0.447 e. The molecule has 3 aliphatic rings. The van der Waals surface area contributed by atoms with Crippen LogP contribution in [0.5, 0.6) is 0 Å². The van der Waals surface area contributed by atoms with Crippen molar-refractivity contribution in [3.8, 4) is 18.2 Å². The van der Waals surface area contributed by atoms with Crippen molar-refractivity contribution >= 4 is 5.90 Å². The number of ether oxygens (including phenoxy) is 2. The summed E-state index contributed by atoms with van der Waals surface area (Å²) in [5, 5.41) is 38.8. The molecular formula is C20H17FN4O2. The highest BCUT2D eigenvalue weighted by Gasteiger charge is 2.80. The van der Waals surface area contributed by atoms with E-state index in [-0.39, 0.29) is 5.90 Å². The summed E-state index contributed by atoms with van der Waals surface area (Å²) in [6.07, 6.45) is 2.43. The van der Waals surface area contributed by atoms with E-state index < -0.39 is 34.5 Å². The maximum atomic E-state index is 13.4. The number of nitrogens with zero attached hydrogens (tertiary/aromatic N) is 3. The van der Waals surface area contributed by atoms with Crippen LogP contribution < -0.4 is 0 Å². The standard InChI is InChI=1S/C20H17FN4O2/c21-14-7-5-13(6-8-14)16-18(10-22,11-23)19(12-24)15-4-2-1-3-9-20(15,26-16)27-17(19)25/h5-8,15-16,25H,1-4,9H2. The van der Waals surface area contributed by atoms with Gasteiger partial charge in [0.05, 0.1) is 24.1 Å².